The molecule has 3 nitrogen and oxygen atoms in total. The Morgan fingerprint density at radius 1 is 1.73 bits per heavy atom. The summed E-state index contributed by atoms with van der Waals surface area (Å²) in [5.74, 6) is 0. The molecule has 0 aromatic heterocycles. The zero-order valence-electron chi connectivity index (χ0n) is 6.46. The summed E-state index contributed by atoms with van der Waals surface area (Å²) in [6.45, 7) is 2.02. The highest BCUT2D eigenvalue weighted by Crippen LogP contribution is 2.30. The smallest absolute Gasteiger partial charge is 0.408 e. The number of amides is 1. The summed E-state index contributed by atoms with van der Waals surface area (Å²) in [4.78, 5) is 10.9. The standard InChI is InChI=1S/C8H11NO2/c1-8-5-3-2-4-6(8)11-7(10)9-8/h2-3,6H,4-5H2,1H3,(H,9,10)/t6-,8+/m1/s1. The van der Waals surface area contributed by atoms with Crippen molar-refractivity contribution in [1.29, 1.82) is 0 Å². The molecule has 0 aromatic rings. The van der Waals surface area contributed by atoms with E-state index in [1.165, 1.54) is 0 Å². The van der Waals surface area contributed by atoms with Gasteiger partial charge in [0.2, 0.25) is 0 Å². The highest BCUT2D eigenvalue weighted by atomic mass is 16.6. The van der Waals surface area contributed by atoms with Crippen LogP contribution in [0.5, 0.6) is 0 Å². The van der Waals surface area contributed by atoms with Crippen LogP contribution in [0, 0.1) is 0 Å². The molecule has 0 spiro atoms. The van der Waals surface area contributed by atoms with Crippen molar-refractivity contribution in [3.8, 4) is 0 Å². The highest BCUT2D eigenvalue weighted by molar-refractivity contribution is 5.71. The lowest BCUT2D eigenvalue weighted by Crippen LogP contribution is -2.46. The van der Waals surface area contributed by atoms with Gasteiger partial charge in [-0.1, -0.05) is 12.2 Å². The maximum atomic E-state index is 10.9. The van der Waals surface area contributed by atoms with Crippen LogP contribution in [-0.4, -0.2) is 17.7 Å². The van der Waals surface area contributed by atoms with E-state index in [9.17, 15) is 4.79 Å². The Bertz CT molecular complexity index is 224. The number of carbonyl (C=O) groups excluding carboxylic acids is 1. The van der Waals surface area contributed by atoms with Crippen LogP contribution in [0.15, 0.2) is 12.2 Å². The maximum absolute atomic E-state index is 10.9. The monoisotopic (exact) mass is 153 g/mol. The van der Waals surface area contributed by atoms with Crippen molar-refractivity contribution < 1.29 is 9.53 Å². The number of hydrogen-bond acceptors (Lipinski definition) is 2. The van der Waals surface area contributed by atoms with E-state index < -0.39 is 0 Å². The molecule has 1 aliphatic carbocycles. The summed E-state index contributed by atoms with van der Waals surface area (Å²) in [6.07, 6.45) is 5.64. The van der Waals surface area contributed by atoms with Crippen LogP contribution in [0.3, 0.4) is 0 Å². The van der Waals surface area contributed by atoms with Gasteiger partial charge in [0, 0.05) is 6.42 Å². The molecule has 0 bridgehead atoms. The summed E-state index contributed by atoms with van der Waals surface area (Å²) >= 11 is 0. The summed E-state index contributed by atoms with van der Waals surface area (Å²) in [5, 5.41) is 2.82. The molecular weight excluding hydrogens is 142 g/mol. The van der Waals surface area contributed by atoms with Crippen molar-refractivity contribution in [3.05, 3.63) is 12.2 Å². The van der Waals surface area contributed by atoms with Crippen LogP contribution in [0.4, 0.5) is 4.79 Å². The second kappa shape index (κ2) is 2.00. The SMILES string of the molecule is C[C@]12CC=CC[C@H]1OC(=O)N2. The molecule has 0 unspecified atom stereocenters. The molecule has 0 radical (unpaired) electrons. The average molecular weight is 153 g/mol. The Morgan fingerprint density at radius 2 is 2.55 bits per heavy atom. The third-order valence-corrected chi connectivity index (χ3v) is 2.41. The molecule has 1 saturated heterocycles. The Morgan fingerprint density at radius 3 is 3.27 bits per heavy atom. The minimum atomic E-state index is -0.277. The number of fused-ring (bicyclic) bond motifs is 1. The molecule has 11 heavy (non-hydrogen) atoms. The number of carbonyl (C=O) groups is 1. The minimum Gasteiger partial charge on any atom is -0.443 e. The maximum Gasteiger partial charge on any atom is 0.408 e. The molecule has 60 valence electrons. The number of nitrogens with one attached hydrogen (secondary N) is 1. The number of hydrogen-bond donors (Lipinski definition) is 1. The molecule has 2 rings (SSSR count). The zero-order valence-corrected chi connectivity index (χ0v) is 6.46. The largest absolute Gasteiger partial charge is 0.443 e. The van der Waals surface area contributed by atoms with E-state index in [1.807, 2.05) is 6.92 Å². The predicted molar refractivity (Wildman–Crippen MR) is 40.2 cm³/mol. The van der Waals surface area contributed by atoms with Gasteiger partial charge in [-0.3, -0.25) is 0 Å². The minimum absolute atomic E-state index is 0.0417. The van der Waals surface area contributed by atoms with E-state index >= 15 is 0 Å². The van der Waals surface area contributed by atoms with Crippen LogP contribution >= 0.6 is 0 Å². The second-order valence-corrected chi connectivity index (χ2v) is 3.35. The first-order valence-electron chi connectivity index (χ1n) is 3.84. The van der Waals surface area contributed by atoms with Crippen LogP contribution in [0.2, 0.25) is 0 Å². The van der Waals surface area contributed by atoms with E-state index in [0.29, 0.717) is 0 Å². The van der Waals surface area contributed by atoms with Gasteiger partial charge < -0.3 is 10.1 Å². The van der Waals surface area contributed by atoms with Gasteiger partial charge >= 0.3 is 6.09 Å². The summed E-state index contributed by atoms with van der Waals surface area (Å²) < 4.78 is 5.07. The van der Waals surface area contributed by atoms with E-state index in [-0.39, 0.29) is 17.7 Å². The number of rotatable bonds is 0. The van der Waals surface area contributed by atoms with E-state index in [2.05, 4.69) is 17.5 Å². The van der Waals surface area contributed by atoms with Gasteiger partial charge in [-0.05, 0) is 13.3 Å². The van der Waals surface area contributed by atoms with Crippen molar-refractivity contribution in [1.82, 2.24) is 5.32 Å². The molecule has 0 saturated carbocycles. The Balaban J connectivity index is 2.24. The third kappa shape index (κ3) is 0.914. The van der Waals surface area contributed by atoms with Crippen LogP contribution < -0.4 is 5.32 Å². The second-order valence-electron chi connectivity index (χ2n) is 3.35. The van der Waals surface area contributed by atoms with Gasteiger partial charge in [-0.15, -0.1) is 0 Å². The van der Waals surface area contributed by atoms with E-state index in [4.69, 9.17) is 4.74 Å². The van der Waals surface area contributed by atoms with E-state index in [1.54, 1.807) is 0 Å². The van der Waals surface area contributed by atoms with Crippen molar-refractivity contribution in [3.63, 3.8) is 0 Å². The van der Waals surface area contributed by atoms with Gasteiger partial charge in [-0.25, -0.2) is 4.79 Å². The zero-order chi connectivity index (χ0) is 7.90. The lowest BCUT2D eigenvalue weighted by atomic mass is 9.86. The summed E-state index contributed by atoms with van der Waals surface area (Å²) in [5.41, 5.74) is -0.147. The van der Waals surface area contributed by atoms with Gasteiger partial charge in [0.1, 0.15) is 6.10 Å². The van der Waals surface area contributed by atoms with Crippen molar-refractivity contribution in [2.75, 3.05) is 0 Å². The summed E-state index contributed by atoms with van der Waals surface area (Å²) in [7, 11) is 0. The van der Waals surface area contributed by atoms with Gasteiger partial charge in [-0.2, -0.15) is 0 Å². The van der Waals surface area contributed by atoms with Crippen LogP contribution in [0.25, 0.3) is 0 Å². The predicted octanol–water partition coefficient (Wildman–Crippen LogP) is 1.20. The molecule has 1 N–H and O–H groups in total. The molecule has 2 atom stereocenters. The molecule has 1 fully saturated rings. The highest BCUT2D eigenvalue weighted by Gasteiger charge is 2.44. The fraction of sp³-hybridized carbons (Fsp3) is 0.625. The fourth-order valence-corrected chi connectivity index (χ4v) is 1.64. The quantitative estimate of drug-likeness (QED) is 0.531. The first-order chi connectivity index (χ1) is 5.21. The summed E-state index contributed by atoms with van der Waals surface area (Å²) in [6, 6.07) is 0. The van der Waals surface area contributed by atoms with Crippen molar-refractivity contribution in [2.45, 2.75) is 31.4 Å². The first-order valence-corrected chi connectivity index (χ1v) is 3.84. The molecule has 0 aromatic carbocycles. The number of alkyl carbamates (subject to hydrolysis) is 1. The molecule has 1 amide bonds. The van der Waals surface area contributed by atoms with E-state index in [0.717, 1.165) is 12.8 Å². The van der Waals surface area contributed by atoms with Gasteiger partial charge in [0.25, 0.3) is 0 Å². The lowest BCUT2D eigenvalue weighted by Gasteiger charge is -2.29. The molecular formula is C8H11NO2. The average Bonchev–Trinajstić information content (AvgIpc) is 2.22. The Kier molecular flexibility index (Phi) is 1.22. The molecule has 1 heterocycles. The van der Waals surface area contributed by atoms with Gasteiger partial charge in [0.15, 0.2) is 0 Å². The lowest BCUT2D eigenvalue weighted by molar-refractivity contribution is 0.112. The van der Waals surface area contributed by atoms with Crippen molar-refractivity contribution >= 4 is 6.09 Å². The Labute approximate surface area is 65.4 Å². The fourth-order valence-electron chi connectivity index (χ4n) is 1.64. The van der Waals surface area contributed by atoms with Crippen LogP contribution in [-0.2, 0) is 4.74 Å². The number of ether oxygens (including phenoxy) is 1. The topological polar surface area (TPSA) is 38.3 Å². The molecule has 2 aliphatic rings. The third-order valence-electron chi connectivity index (χ3n) is 2.41. The molecule has 1 aliphatic heterocycles. The van der Waals surface area contributed by atoms with Crippen LogP contribution in [0.1, 0.15) is 19.8 Å². The Hall–Kier alpha value is -0.990. The first kappa shape index (κ1) is 6.70. The van der Waals surface area contributed by atoms with Crippen molar-refractivity contribution in [2.24, 2.45) is 0 Å². The van der Waals surface area contributed by atoms with Gasteiger partial charge in [0.05, 0.1) is 5.54 Å². The molecule has 3 heteroatoms. The normalized spacial score (nSPS) is 41.2.